The fourth-order valence-corrected chi connectivity index (χ4v) is 3.22. The topological polar surface area (TPSA) is 32.3 Å². The van der Waals surface area contributed by atoms with E-state index in [1.807, 2.05) is 12.1 Å². The molecule has 5 heteroatoms. The maximum atomic E-state index is 13.6. The lowest BCUT2D eigenvalue weighted by atomic mass is 10.1. The van der Waals surface area contributed by atoms with Crippen molar-refractivity contribution in [2.45, 2.75) is 0 Å². The quantitative estimate of drug-likeness (QED) is 0.732. The number of piperazine rings is 1. The highest BCUT2D eigenvalue weighted by Crippen LogP contribution is 2.28. The van der Waals surface area contributed by atoms with E-state index in [9.17, 15) is 4.39 Å². The number of para-hydroxylation sites is 1. The molecule has 1 fully saturated rings. The van der Waals surface area contributed by atoms with Crippen LogP contribution in [0.25, 0.3) is 11.3 Å². The van der Waals surface area contributed by atoms with Crippen molar-refractivity contribution in [3.05, 3.63) is 72.8 Å². The lowest BCUT2D eigenvalue weighted by Crippen LogP contribution is -2.47. The van der Waals surface area contributed by atoms with Crippen LogP contribution in [0.3, 0.4) is 0 Å². The molecule has 0 aliphatic carbocycles. The summed E-state index contributed by atoms with van der Waals surface area (Å²) in [6, 6.07) is 17.0. The molecule has 0 N–H and O–H groups in total. The van der Waals surface area contributed by atoms with Gasteiger partial charge in [-0.3, -0.25) is 4.98 Å². The monoisotopic (exact) mass is 334 g/mol. The van der Waals surface area contributed by atoms with E-state index in [2.05, 4.69) is 44.0 Å². The minimum atomic E-state index is -0.261. The van der Waals surface area contributed by atoms with Gasteiger partial charge in [0.05, 0.1) is 0 Å². The summed E-state index contributed by atoms with van der Waals surface area (Å²) >= 11 is 0. The SMILES string of the molecule is Fc1cccc(-c2nccnc2N2CCN(c3ccccc3)CC2)c1. The first kappa shape index (κ1) is 15.6. The fraction of sp³-hybridized carbons (Fsp3) is 0.200. The Balaban J connectivity index is 1.56. The molecule has 1 aliphatic heterocycles. The Morgan fingerprint density at radius 1 is 0.760 bits per heavy atom. The van der Waals surface area contributed by atoms with Crippen LogP contribution in [0.1, 0.15) is 0 Å². The van der Waals surface area contributed by atoms with Gasteiger partial charge in [0.25, 0.3) is 0 Å². The average molecular weight is 334 g/mol. The molecule has 2 heterocycles. The number of aromatic nitrogens is 2. The first-order chi connectivity index (χ1) is 12.3. The molecule has 25 heavy (non-hydrogen) atoms. The highest BCUT2D eigenvalue weighted by atomic mass is 19.1. The van der Waals surface area contributed by atoms with Crippen LogP contribution in [-0.4, -0.2) is 36.1 Å². The Labute approximate surface area is 146 Å². The van der Waals surface area contributed by atoms with E-state index in [1.165, 1.54) is 17.8 Å². The third-order valence-corrected chi connectivity index (χ3v) is 4.48. The van der Waals surface area contributed by atoms with Gasteiger partial charge < -0.3 is 9.80 Å². The Morgan fingerprint density at radius 2 is 1.48 bits per heavy atom. The van der Waals surface area contributed by atoms with Gasteiger partial charge in [-0.1, -0.05) is 30.3 Å². The van der Waals surface area contributed by atoms with E-state index in [1.54, 1.807) is 18.5 Å². The third kappa shape index (κ3) is 3.31. The molecule has 0 spiro atoms. The highest BCUT2D eigenvalue weighted by molar-refractivity contribution is 5.72. The standard InChI is InChI=1S/C20H19FN4/c21-17-6-4-5-16(15-17)19-20(23-10-9-22-19)25-13-11-24(12-14-25)18-7-2-1-3-8-18/h1-10,15H,11-14H2. The van der Waals surface area contributed by atoms with Gasteiger partial charge in [-0.2, -0.15) is 0 Å². The van der Waals surface area contributed by atoms with Crippen LogP contribution in [-0.2, 0) is 0 Å². The molecule has 1 aromatic heterocycles. The van der Waals surface area contributed by atoms with Gasteiger partial charge in [0, 0.05) is 49.8 Å². The number of rotatable bonds is 3. The summed E-state index contributed by atoms with van der Waals surface area (Å²) in [5.74, 6) is 0.559. The van der Waals surface area contributed by atoms with Crippen molar-refractivity contribution in [2.24, 2.45) is 0 Å². The summed E-state index contributed by atoms with van der Waals surface area (Å²) in [6.07, 6.45) is 3.35. The molecule has 3 aromatic rings. The zero-order valence-electron chi connectivity index (χ0n) is 13.8. The van der Waals surface area contributed by atoms with Gasteiger partial charge in [0.15, 0.2) is 5.82 Å². The molecule has 4 nitrogen and oxygen atoms in total. The Kier molecular flexibility index (Phi) is 4.29. The van der Waals surface area contributed by atoms with Crippen molar-refractivity contribution in [3.8, 4) is 11.3 Å². The van der Waals surface area contributed by atoms with Crippen LogP contribution in [0, 0.1) is 5.82 Å². The van der Waals surface area contributed by atoms with Crippen LogP contribution in [0.2, 0.25) is 0 Å². The van der Waals surface area contributed by atoms with Crippen molar-refractivity contribution in [2.75, 3.05) is 36.0 Å². The summed E-state index contributed by atoms with van der Waals surface area (Å²) in [6.45, 7) is 3.55. The van der Waals surface area contributed by atoms with Gasteiger partial charge >= 0.3 is 0 Å². The van der Waals surface area contributed by atoms with Gasteiger partial charge in [0.2, 0.25) is 0 Å². The Bertz CT molecular complexity index is 845. The maximum Gasteiger partial charge on any atom is 0.155 e. The molecule has 1 aliphatic rings. The second-order valence-electron chi connectivity index (χ2n) is 6.05. The van der Waals surface area contributed by atoms with Crippen LogP contribution in [0.5, 0.6) is 0 Å². The number of anilines is 2. The molecule has 2 aromatic carbocycles. The molecule has 126 valence electrons. The van der Waals surface area contributed by atoms with E-state index in [0.717, 1.165) is 43.3 Å². The zero-order valence-corrected chi connectivity index (χ0v) is 13.8. The zero-order chi connectivity index (χ0) is 17.1. The number of halogens is 1. The molecule has 1 saturated heterocycles. The first-order valence-electron chi connectivity index (χ1n) is 8.43. The summed E-state index contributed by atoms with van der Waals surface area (Å²) < 4.78 is 13.6. The van der Waals surface area contributed by atoms with Gasteiger partial charge in [-0.15, -0.1) is 0 Å². The lowest BCUT2D eigenvalue weighted by Gasteiger charge is -2.37. The second kappa shape index (κ2) is 6.89. The lowest BCUT2D eigenvalue weighted by molar-refractivity contribution is 0.628. The normalized spacial score (nSPS) is 14.6. The Hall–Kier alpha value is -2.95. The summed E-state index contributed by atoms with van der Waals surface area (Å²) in [5.41, 5.74) is 2.73. The van der Waals surface area contributed by atoms with Crippen molar-refractivity contribution in [1.82, 2.24) is 9.97 Å². The summed E-state index contributed by atoms with van der Waals surface area (Å²) in [5, 5.41) is 0. The molecule has 0 amide bonds. The highest BCUT2D eigenvalue weighted by Gasteiger charge is 2.21. The summed E-state index contributed by atoms with van der Waals surface area (Å²) in [4.78, 5) is 13.6. The average Bonchev–Trinajstić information content (AvgIpc) is 2.69. The smallest absolute Gasteiger partial charge is 0.155 e. The minimum Gasteiger partial charge on any atom is -0.368 e. The predicted molar refractivity (Wildman–Crippen MR) is 98.3 cm³/mol. The number of hydrogen-bond donors (Lipinski definition) is 0. The summed E-state index contributed by atoms with van der Waals surface area (Å²) in [7, 11) is 0. The number of benzene rings is 2. The van der Waals surface area contributed by atoms with Crippen LogP contribution < -0.4 is 9.80 Å². The third-order valence-electron chi connectivity index (χ3n) is 4.48. The predicted octanol–water partition coefficient (Wildman–Crippen LogP) is 3.61. The molecule has 0 saturated carbocycles. The molecule has 0 bridgehead atoms. The minimum absolute atomic E-state index is 0.261. The molecular formula is C20H19FN4. The van der Waals surface area contributed by atoms with Crippen molar-refractivity contribution >= 4 is 11.5 Å². The molecular weight excluding hydrogens is 315 g/mol. The molecule has 0 unspecified atom stereocenters. The molecule has 4 rings (SSSR count). The van der Waals surface area contributed by atoms with Crippen molar-refractivity contribution < 1.29 is 4.39 Å². The van der Waals surface area contributed by atoms with E-state index < -0.39 is 0 Å². The van der Waals surface area contributed by atoms with E-state index in [4.69, 9.17) is 0 Å². The molecule has 0 atom stereocenters. The fourth-order valence-electron chi connectivity index (χ4n) is 3.22. The Morgan fingerprint density at radius 3 is 2.24 bits per heavy atom. The number of nitrogens with zero attached hydrogens (tertiary/aromatic N) is 4. The van der Waals surface area contributed by atoms with Crippen molar-refractivity contribution in [1.29, 1.82) is 0 Å². The van der Waals surface area contributed by atoms with Gasteiger partial charge in [-0.05, 0) is 24.3 Å². The largest absolute Gasteiger partial charge is 0.368 e. The first-order valence-corrected chi connectivity index (χ1v) is 8.43. The van der Waals surface area contributed by atoms with Crippen LogP contribution in [0.15, 0.2) is 67.0 Å². The maximum absolute atomic E-state index is 13.6. The van der Waals surface area contributed by atoms with E-state index in [0.29, 0.717) is 0 Å². The van der Waals surface area contributed by atoms with E-state index in [-0.39, 0.29) is 5.82 Å². The second-order valence-corrected chi connectivity index (χ2v) is 6.05. The van der Waals surface area contributed by atoms with Crippen molar-refractivity contribution in [3.63, 3.8) is 0 Å². The van der Waals surface area contributed by atoms with E-state index >= 15 is 0 Å². The van der Waals surface area contributed by atoms with Crippen LogP contribution in [0.4, 0.5) is 15.9 Å². The molecule has 0 radical (unpaired) electrons. The van der Waals surface area contributed by atoms with Crippen LogP contribution >= 0.6 is 0 Å². The number of hydrogen-bond acceptors (Lipinski definition) is 4. The van der Waals surface area contributed by atoms with Gasteiger partial charge in [-0.25, -0.2) is 9.37 Å². The van der Waals surface area contributed by atoms with Gasteiger partial charge in [0.1, 0.15) is 11.5 Å².